The number of aryl methyl sites for hydroxylation is 1. The van der Waals surface area contributed by atoms with Gasteiger partial charge in [-0.25, -0.2) is 0 Å². The number of hydrogen-bond acceptors (Lipinski definition) is 0. The van der Waals surface area contributed by atoms with E-state index in [4.69, 9.17) is 0 Å². The molecule has 1 aliphatic rings. The predicted molar refractivity (Wildman–Crippen MR) is 44.6 cm³/mol. The monoisotopic (exact) mass is 153 g/mol. The molecule has 1 fully saturated rings. The lowest BCUT2D eigenvalue weighted by Gasteiger charge is -2.23. The van der Waals surface area contributed by atoms with Gasteiger partial charge in [-0.2, -0.15) is 0 Å². The van der Waals surface area contributed by atoms with E-state index in [1.165, 1.54) is 32.8 Å². The van der Waals surface area contributed by atoms with Gasteiger partial charge >= 0.3 is 0 Å². The van der Waals surface area contributed by atoms with Crippen LogP contribution in [0, 0.1) is 6.92 Å². The first-order chi connectivity index (χ1) is 4.86. The normalized spacial score (nSPS) is 19.7. The molecule has 1 aliphatic carbocycles. The molecule has 0 radical (unpaired) electrons. The van der Waals surface area contributed by atoms with Gasteiger partial charge in [0, 0.05) is 17.5 Å². The Kier molecular flexibility index (Phi) is 1.54. The molecule has 1 nitrogen and oxygen atoms in total. The topological polar surface area (TPSA) is 15.8 Å². The van der Waals surface area contributed by atoms with E-state index < -0.39 is 0 Å². The largest absolute Gasteiger partial charge is 0.360 e. The van der Waals surface area contributed by atoms with E-state index >= 15 is 0 Å². The maximum atomic E-state index is 3.35. The standard InChI is InChI=1S/C8H12NP/c1-6-5-9-8(10-6)7-3-2-4-7/h5,7,9H,2-4H2,1H3. The molecule has 0 atom stereocenters. The lowest BCUT2D eigenvalue weighted by Crippen LogP contribution is -2.07. The Balaban J connectivity index is 2.17. The first kappa shape index (κ1) is 6.42. The Morgan fingerprint density at radius 2 is 2.40 bits per heavy atom. The van der Waals surface area contributed by atoms with Crippen LogP contribution in [0.1, 0.15) is 35.9 Å². The second-order valence-corrected chi connectivity index (χ2v) is 4.47. The van der Waals surface area contributed by atoms with E-state index in [1.54, 1.807) is 5.43 Å². The molecule has 0 saturated heterocycles. The lowest BCUT2D eigenvalue weighted by molar-refractivity contribution is 0.418. The molecule has 0 spiro atoms. The van der Waals surface area contributed by atoms with E-state index in [0.29, 0.717) is 0 Å². The van der Waals surface area contributed by atoms with Crippen LogP contribution in [0.3, 0.4) is 0 Å². The first-order valence-corrected chi connectivity index (χ1v) is 4.77. The summed E-state index contributed by atoms with van der Waals surface area (Å²) >= 11 is 0. The second-order valence-electron chi connectivity index (χ2n) is 3.05. The third-order valence-corrected chi connectivity index (χ3v) is 3.43. The molecule has 54 valence electrons. The van der Waals surface area contributed by atoms with Gasteiger partial charge in [0.25, 0.3) is 0 Å². The van der Waals surface area contributed by atoms with Gasteiger partial charge in [0.05, 0.1) is 0 Å². The highest BCUT2D eigenvalue weighted by atomic mass is 31.0. The SMILES string of the molecule is Cc1c[nH]c(C2CCC2)p1. The maximum absolute atomic E-state index is 3.35. The van der Waals surface area contributed by atoms with Crippen LogP contribution in [0.15, 0.2) is 6.20 Å². The first-order valence-electron chi connectivity index (χ1n) is 3.88. The van der Waals surface area contributed by atoms with Crippen molar-refractivity contribution in [1.82, 2.24) is 4.98 Å². The summed E-state index contributed by atoms with van der Waals surface area (Å²) in [5, 5.41) is 1.46. The molecule has 10 heavy (non-hydrogen) atoms. The summed E-state index contributed by atoms with van der Waals surface area (Å²) in [6.07, 6.45) is 6.40. The molecule has 0 aromatic carbocycles. The molecule has 1 aromatic rings. The van der Waals surface area contributed by atoms with Gasteiger partial charge in [-0.3, -0.25) is 0 Å². The zero-order chi connectivity index (χ0) is 6.97. The smallest absolute Gasteiger partial charge is 0.0458 e. The van der Waals surface area contributed by atoms with Crippen molar-refractivity contribution in [3.05, 3.63) is 16.9 Å². The van der Waals surface area contributed by atoms with Crippen LogP contribution in [0.5, 0.6) is 0 Å². The fraction of sp³-hybridized carbons (Fsp3) is 0.625. The summed E-state index contributed by atoms with van der Waals surface area (Å²) in [6, 6.07) is 0. The van der Waals surface area contributed by atoms with E-state index in [0.717, 1.165) is 5.92 Å². The van der Waals surface area contributed by atoms with Crippen molar-refractivity contribution in [2.45, 2.75) is 32.1 Å². The molecule has 2 heteroatoms. The van der Waals surface area contributed by atoms with Crippen LogP contribution in [0.25, 0.3) is 0 Å². The summed E-state index contributed by atoms with van der Waals surface area (Å²) in [4.78, 5) is 3.35. The number of nitrogens with one attached hydrogen (secondary N) is 1. The van der Waals surface area contributed by atoms with Crippen molar-refractivity contribution >= 4 is 8.19 Å². The third-order valence-electron chi connectivity index (χ3n) is 2.22. The molecular formula is C8H12NP. The predicted octanol–water partition coefficient (Wildman–Crippen LogP) is 3.17. The summed E-state index contributed by atoms with van der Waals surface area (Å²) in [6.45, 7) is 2.18. The van der Waals surface area contributed by atoms with Crippen LogP contribution in [-0.4, -0.2) is 4.98 Å². The van der Waals surface area contributed by atoms with Crippen molar-refractivity contribution in [3.63, 3.8) is 0 Å². The molecule has 1 aromatic heterocycles. The number of aromatic amines is 1. The maximum Gasteiger partial charge on any atom is 0.0458 e. The van der Waals surface area contributed by atoms with Gasteiger partial charge < -0.3 is 4.98 Å². The van der Waals surface area contributed by atoms with Gasteiger partial charge in [0.15, 0.2) is 0 Å². The van der Waals surface area contributed by atoms with Crippen molar-refractivity contribution < 1.29 is 0 Å². The van der Waals surface area contributed by atoms with Crippen LogP contribution < -0.4 is 0 Å². The Morgan fingerprint density at radius 3 is 2.80 bits per heavy atom. The Labute approximate surface area is 63.0 Å². The minimum Gasteiger partial charge on any atom is -0.360 e. The fourth-order valence-corrected chi connectivity index (χ4v) is 2.40. The fourth-order valence-electron chi connectivity index (χ4n) is 1.32. The van der Waals surface area contributed by atoms with Crippen LogP contribution in [0.2, 0.25) is 0 Å². The number of rotatable bonds is 1. The highest BCUT2D eigenvalue weighted by Gasteiger charge is 2.20. The van der Waals surface area contributed by atoms with Gasteiger partial charge in [-0.05, 0) is 33.3 Å². The third kappa shape index (κ3) is 0.992. The van der Waals surface area contributed by atoms with E-state index in [9.17, 15) is 0 Å². The highest BCUT2D eigenvalue weighted by Crippen LogP contribution is 2.39. The lowest BCUT2D eigenvalue weighted by atomic mass is 9.86. The molecule has 0 amide bonds. The van der Waals surface area contributed by atoms with E-state index in [1.807, 2.05) is 0 Å². The van der Waals surface area contributed by atoms with Gasteiger partial charge in [0.2, 0.25) is 0 Å². The van der Waals surface area contributed by atoms with Gasteiger partial charge in [-0.15, -0.1) is 0 Å². The zero-order valence-corrected chi connectivity index (χ0v) is 7.12. The van der Waals surface area contributed by atoms with Crippen molar-refractivity contribution in [1.29, 1.82) is 0 Å². The van der Waals surface area contributed by atoms with Crippen LogP contribution in [-0.2, 0) is 0 Å². The van der Waals surface area contributed by atoms with E-state index in [-0.39, 0.29) is 0 Å². The molecular weight excluding hydrogens is 141 g/mol. The van der Waals surface area contributed by atoms with Crippen molar-refractivity contribution in [2.24, 2.45) is 0 Å². The molecule has 1 heterocycles. The summed E-state index contributed by atoms with van der Waals surface area (Å²) in [5.74, 6) is 0.898. The van der Waals surface area contributed by atoms with Crippen LogP contribution >= 0.6 is 8.19 Å². The molecule has 1 saturated carbocycles. The average molecular weight is 153 g/mol. The van der Waals surface area contributed by atoms with E-state index in [2.05, 4.69) is 18.1 Å². The molecule has 0 bridgehead atoms. The number of aromatic nitrogens is 1. The Morgan fingerprint density at radius 1 is 1.60 bits per heavy atom. The average Bonchev–Trinajstić information content (AvgIpc) is 2.10. The van der Waals surface area contributed by atoms with Crippen molar-refractivity contribution in [2.75, 3.05) is 0 Å². The molecule has 0 unspecified atom stereocenters. The summed E-state index contributed by atoms with van der Waals surface area (Å²) in [5.41, 5.74) is 1.55. The van der Waals surface area contributed by atoms with Gasteiger partial charge in [0.1, 0.15) is 0 Å². The Hall–Kier alpha value is -0.290. The summed E-state index contributed by atoms with van der Waals surface area (Å²) < 4.78 is 0. The number of hydrogen-bond donors (Lipinski definition) is 1. The molecule has 2 rings (SSSR count). The Bertz CT molecular complexity index is 225. The summed E-state index contributed by atoms with van der Waals surface area (Å²) in [7, 11) is 1.45. The minimum absolute atomic E-state index is 0.898. The minimum atomic E-state index is 0.898. The molecule has 1 N–H and O–H groups in total. The van der Waals surface area contributed by atoms with Crippen molar-refractivity contribution in [3.8, 4) is 0 Å². The zero-order valence-electron chi connectivity index (χ0n) is 6.22. The second kappa shape index (κ2) is 2.39. The number of H-pyrrole nitrogens is 1. The highest BCUT2D eigenvalue weighted by molar-refractivity contribution is 7.31. The quantitative estimate of drug-likeness (QED) is 0.637. The van der Waals surface area contributed by atoms with Gasteiger partial charge in [-0.1, -0.05) is 6.42 Å². The van der Waals surface area contributed by atoms with Crippen LogP contribution in [0.4, 0.5) is 0 Å². The molecule has 0 aliphatic heterocycles.